The Bertz CT molecular complexity index is 489. The molecule has 4 nitrogen and oxygen atoms in total. The molecule has 0 saturated carbocycles. The van der Waals surface area contributed by atoms with Crippen molar-refractivity contribution in [3.05, 3.63) is 35.6 Å². The number of hydrogen-bond donors (Lipinski definition) is 1. The zero-order valence-electron chi connectivity index (χ0n) is 9.97. The molecule has 1 aromatic carbocycles. The average Bonchev–Trinajstić information content (AvgIpc) is 2.71. The van der Waals surface area contributed by atoms with Gasteiger partial charge in [0, 0.05) is 13.1 Å². The van der Waals surface area contributed by atoms with E-state index in [-0.39, 0.29) is 18.0 Å². The Labute approximate surface area is 104 Å². The maximum Gasteiger partial charge on any atom is 0.308 e. The molecule has 1 N–H and O–H groups in total. The topological polar surface area (TPSA) is 57.6 Å². The summed E-state index contributed by atoms with van der Waals surface area (Å²) in [6.07, 6.45) is 0. The SMILES string of the molecule is CC1CN(C(=O)c2ccccc2F)CC1C(=O)O. The van der Waals surface area contributed by atoms with Gasteiger partial charge in [0.25, 0.3) is 5.91 Å². The van der Waals surface area contributed by atoms with E-state index in [9.17, 15) is 14.0 Å². The number of aliphatic carboxylic acids is 1. The third-order valence-corrected chi connectivity index (χ3v) is 3.32. The van der Waals surface area contributed by atoms with Crippen LogP contribution in [0, 0.1) is 17.7 Å². The summed E-state index contributed by atoms with van der Waals surface area (Å²) in [5, 5.41) is 9.00. The zero-order valence-corrected chi connectivity index (χ0v) is 9.97. The van der Waals surface area contributed by atoms with Gasteiger partial charge in [-0.1, -0.05) is 19.1 Å². The van der Waals surface area contributed by atoms with Crippen molar-refractivity contribution in [3.63, 3.8) is 0 Å². The standard InChI is InChI=1S/C13H14FNO3/c1-8-6-15(7-10(8)13(17)18)12(16)9-4-2-3-5-11(9)14/h2-5,8,10H,6-7H2,1H3,(H,17,18). The first-order valence-corrected chi connectivity index (χ1v) is 5.77. The maximum absolute atomic E-state index is 13.5. The monoisotopic (exact) mass is 251 g/mol. The molecule has 5 heteroatoms. The van der Waals surface area contributed by atoms with Gasteiger partial charge in [0.15, 0.2) is 0 Å². The Morgan fingerprint density at radius 2 is 2.00 bits per heavy atom. The quantitative estimate of drug-likeness (QED) is 0.868. The summed E-state index contributed by atoms with van der Waals surface area (Å²) in [5.41, 5.74) is -0.00395. The molecule has 2 rings (SSSR count). The summed E-state index contributed by atoms with van der Waals surface area (Å²) >= 11 is 0. The Morgan fingerprint density at radius 1 is 1.33 bits per heavy atom. The van der Waals surface area contributed by atoms with E-state index in [0.717, 1.165) is 0 Å². The van der Waals surface area contributed by atoms with Gasteiger partial charge in [-0.15, -0.1) is 0 Å². The number of amides is 1. The molecule has 1 amide bonds. The normalized spacial score (nSPS) is 23.1. The van der Waals surface area contributed by atoms with Crippen LogP contribution in [0.5, 0.6) is 0 Å². The molecule has 2 atom stereocenters. The third kappa shape index (κ3) is 2.20. The highest BCUT2D eigenvalue weighted by atomic mass is 19.1. The summed E-state index contributed by atoms with van der Waals surface area (Å²) in [6, 6.07) is 5.74. The highest BCUT2D eigenvalue weighted by Crippen LogP contribution is 2.25. The van der Waals surface area contributed by atoms with Gasteiger partial charge in [-0.25, -0.2) is 4.39 Å². The van der Waals surface area contributed by atoms with Crippen LogP contribution in [0.3, 0.4) is 0 Å². The first-order valence-electron chi connectivity index (χ1n) is 5.77. The average molecular weight is 251 g/mol. The molecule has 1 aliphatic rings. The molecular formula is C13H14FNO3. The number of carboxylic acid groups (broad SMARTS) is 1. The number of carbonyl (C=O) groups is 2. The molecule has 0 radical (unpaired) electrons. The van der Waals surface area contributed by atoms with Crippen molar-refractivity contribution in [1.29, 1.82) is 0 Å². The van der Waals surface area contributed by atoms with Crippen molar-refractivity contribution in [1.82, 2.24) is 4.90 Å². The first-order chi connectivity index (χ1) is 8.50. The molecule has 0 spiro atoms. The minimum absolute atomic E-state index is 0.00395. The van der Waals surface area contributed by atoms with Crippen LogP contribution in [-0.4, -0.2) is 35.0 Å². The molecular weight excluding hydrogens is 237 g/mol. The van der Waals surface area contributed by atoms with E-state index in [1.165, 1.54) is 23.1 Å². The fourth-order valence-corrected chi connectivity index (χ4v) is 2.26. The molecule has 18 heavy (non-hydrogen) atoms. The van der Waals surface area contributed by atoms with Gasteiger partial charge in [0.1, 0.15) is 5.82 Å². The van der Waals surface area contributed by atoms with E-state index in [0.29, 0.717) is 6.54 Å². The third-order valence-electron chi connectivity index (χ3n) is 3.32. The molecule has 1 heterocycles. The molecule has 0 aliphatic carbocycles. The fraction of sp³-hybridized carbons (Fsp3) is 0.385. The molecule has 1 aliphatic heterocycles. The summed E-state index contributed by atoms with van der Waals surface area (Å²) in [4.78, 5) is 24.5. The highest BCUT2D eigenvalue weighted by molar-refractivity contribution is 5.95. The predicted octanol–water partition coefficient (Wildman–Crippen LogP) is 1.62. The van der Waals surface area contributed by atoms with E-state index >= 15 is 0 Å². The van der Waals surface area contributed by atoms with Gasteiger partial charge < -0.3 is 10.0 Å². The number of benzene rings is 1. The minimum Gasteiger partial charge on any atom is -0.481 e. The molecule has 96 valence electrons. The Morgan fingerprint density at radius 3 is 2.56 bits per heavy atom. The number of rotatable bonds is 2. The summed E-state index contributed by atoms with van der Waals surface area (Å²) in [7, 11) is 0. The van der Waals surface area contributed by atoms with Crippen LogP contribution in [0.15, 0.2) is 24.3 Å². The second kappa shape index (κ2) is 4.76. The molecule has 2 unspecified atom stereocenters. The number of halogens is 1. The first kappa shape index (κ1) is 12.5. The molecule has 0 aromatic heterocycles. The summed E-state index contributed by atoms with van der Waals surface area (Å²) in [6.45, 7) is 2.28. The lowest BCUT2D eigenvalue weighted by atomic mass is 9.99. The lowest BCUT2D eigenvalue weighted by molar-refractivity contribution is -0.142. The van der Waals surface area contributed by atoms with Crippen LogP contribution in [0.1, 0.15) is 17.3 Å². The van der Waals surface area contributed by atoms with Gasteiger partial charge in [-0.3, -0.25) is 9.59 Å². The maximum atomic E-state index is 13.5. The fourth-order valence-electron chi connectivity index (χ4n) is 2.26. The Balaban J connectivity index is 2.17. The van der Waals surface area contributed by atoms with Crippen molar-refractivity contribution in [2.75, 3.05) is 13.1 Å². The van der Waals surface area contributed by atoms with Crippen LogP contribution >= 0.6 is 0 Å². The van der Waals surface area contributed by atoms with Crippen molar-refractivity contribution in [2.45, 2.75) is 6.92 Å². The molecule has 1 aromatic rings. The molecule has 1 fully saturated rings. The lowest BCUT2D eigenvalue weighted by Gasteiger charge is -2.16. The van der Waals surface area contributed by atoms with E-state index in [1.54, 1.807) is 13.0 Å². The number of carbonyl (C=O) groups excluding carboxylic acids is 1. The Kier molecular flexibility index (Phi) is 3.32. The second-order valence-electron chi connectivity index (χ2n) is 4.61. The van der Waals surface area contributed by atoms with Crippen LogP contribution in [0.2, 0.25) is 0 Å². The van der Waals surface area contributed by atoms with E-state index in [2.05, 4.69) is 0 Å². The predicted molar refractivity (Wildman–Crippen MR) is 62.6 cm³/mol. The number of hydrogen-bond acceptors (Lipinski definition) is 2. The van der Waals surface area contributed by atoms with Crippen molar-refractivity contribution < 1.29 is 19.1 Å². The van der Waals surface area contributed by atoms with Crippen molar-refractivity contribution >= 4 is 11.9 Å². The van der Waals surface area contributed by atoms with Crippen LogP contribution < -0.4 is 0 Å². The van der Waals surface area contributed by atoms with Crippen molar-refractivity contribution in [3.8, 4) is 0 Å². The summed E-state index contributed by atoms with van der Waals surface area (Å²) in [5.74, 6) is -2.61. The van der Waals surface area contributed by atoms with Crippen LogP contribution in [0.25, 0.3) is 0 Å². The molecule has 1 saturated heterocycles. The zero-order chi connectivity index (χ0) is 13.3. The van der Waals surface area contributed by atoms with Gasteiger partial charge in [0.05, 0.1) is 11.5 Å². The van der Waals surface area contributed by atoms with E-state index < -0.39 is 23.6 Å². The van der Waals surface area contributed by atoms with Gasteiger partial charge in [-0.05, 0) is 18.1 Å². The number of carboxylic acids is 1. The van der Waals surface area contributed by atoms with Gasteiger partial charge in [-0.2, -0.15) is 0 Å². The lowest BCUT2D eigenvalue weighted by Crippen LogP contribution is -2.30. The molecule has 0 bridgehead atoms. The largest absolute Gasteiger partial charge is 0.481 e. The Hall–Kier alpha value is -1.91. The van der Waals surface area contributed by atoms with Crippen LogP contribution in [0.4, 0.5) is 4.39 Å². The number of nitrogens with zero attached hydrogens (tertiary/aromatic N) is 1. The van der Waals surface area contributed by atoms with E-state index in [1.807, 2.05) is 0 Å². The second-order valence-corrected chi connectivity index (χ2v) is 4.61. The smallest absolute Gasteiger partial charge is 0.308 e. The van der Waals surface area contributed by atoms with Crippen molar-refractivity contribution in [2.24, 2.45) is 11.8 Å². The number of likely N-dealkylation sites (tertiary alicyclic amines) is 1. The van der Waals surface area contributed by atoms with E-state index in [4.69, 9.17) is 5.11 Å². The minimum atomic E-state index is -0.911. The van der Waals surface area contributed by atoms with Gasteiger partial charge in [0.2, 0.25) is 0 Å². The summed E-state index contributed by atoms with van der Waals surface area (Å²) < 4.78 is 13.5. The highest BCUT2D eigenvalue weighted by Gasteiger charge is 2.37. The van der Waals surface area contributed by atoms with Crippen LogP contribution in [-0.2, 0) is 4.79 Å². The van der Waals surface area contributed by atoms with Gasteiger partial charge >= 0.3 is 5.97 Å².